The van der Waals surface area contributed by atoms with Gasteiger partial charge >= 0.3 is 0 Å². The SMILES string of the molecule is COCCOc1ccc(N2C(=S)N[C@H](c3ccccn3)[C@@H]2c2cc(C)n(-c3ncccc3C)c2C)cc1Cl. The molecule has 0 unspecified atom stereocenters. The molecule has 1 saturated heterocycles. The van der Waals surface area contributed by atoms with Gasteiger partial charge in [-0.2, -0.15) is 0 Å². The average molecular weight is 548 g/mol. The maximum Gasteiger partial charge on any atom is 0.174 e. The van der Waals surface area contributed by atoms with Crippen molar-refractivity contribution in [1.82, 2.24) is 19.9 Å². The van der Waals surface area contributed by atoms with Crippen molar-refractivity contribution in [1.29, 1.82) is 0 Å². The number of pyridine rings is 2. The number of anilines is 1. The third kappa shape index (κ3) is 4.87. The van der Waals surface area contributed by atoms with Crippen molar-refractivity contribution < 1.29 is 9.47 Å². The van der Waals surface area contributed by atoms with Crippen LogP contribution in [-0.2, 0) is 4.74 Å². The second-order valence-electron chi connectivity index (χ2n) is 9.26. The number of benzene rings is 1. The highest BCUT2D eigenvalue weighted by atomic mass is 35.5. The van der Waals surface area contributed by atoms with Crippen molar-refractivity contribution in [3.8, 4) is 11.6 Å². The van der Waals surface area contributed by atoms with Gasteiger partial charge in [-0.15, -0.1) is 0 Å². The molecule has 4 aromatic rings. The number of rotatable bonds is 8. The van der Waals surface area contributed by atoms with Crippen LogP contribution in [0.4, 0.5) is 5.69 Å². The number of nitrogens with zero attached hydrogens (tertiary/aromatic N) is 4. The molecule has 9 heteroatoms. The van der Waals surface area contributed by atoms with E-state index in [1.54, 1.807) is 7.11 Å². The molecule has 0 aliphatic carbocycles. The molecule has 1 aliphatic heterocycles. The third-order valence-electron chi connectivity index (χ3n) is 6.82. The number of nitrogens with one attached hydrogen (secondary N) is 1. The fraction of sp³-hybridized carbons (Fsp3) is 0.276. The Morgan fingerprint density at radius 1 is 1.00 bits per heavy atom. The number of thiocarbonyl (C=S) groups is 1. The molecule has 1 N–H and O–H groups in total. The summed E-state index contributed by atoms with van der Waals surface area (Å²) in [5, 5.41) is 4.64. The quantitative estimate of drug-likeness (QED) is 0.213. The fourth-order valence-electron chi connectivity index (χ4n) is 5.07. The van der Waals surface area contributed by atoms with Crippen molar-refractivity contribution in [2.75, 3.05) is 25.2 Å². The van der Waals surface area contributed by atoms with Gasteiger partial charge in [-0.05, 0) is 86.6 Å². The maximum absolute atomic E-state index is 6.66. The predicted molar refractivity (Wildman–Crippen MR) is 155 cm³/mol. The highest BCUT2D eigenvalue weighted by molar-refractivity contribution is 7.80. The van der Waals surface area contributed by atoms with Crippen molar-refractivity contribution in [2.24, 2.45) is 0 Å². The Labute approximate surface area is 233 Å². The Hall–Kier alpha value is -3.46. The molecule has 1 aliphatic rings. The summed E-state index contributed by atoms with van der Waals surface area (Å²) in [6.07, 6.45) is 3.64. The topological polar surface area (TPSA) is 64.4 Å². The summed E-state index contributed by atoms with van der Waals surface area (Å²) in [6, 6.07) is 17.6. The van der Waals surface area contributed by atoms with Gasteiger partial charge in [0.25, 0.3) is 0 Å². The first kappa shape index (κ1) is 26.2. The van der Waals surface area contributed by atoms with Crippen LogP contribution < -0.4 is 15.0 Å². The summed E-state index contributed by atoms with van der Waals surface area (Å²) in [5.41, 5.74) is 6.21. The lowest BCUT2D eigenvalue weighted by Crippen LogP contribution is -2.29. The smallest absolute Gasteiger partial charge is 0.174 e. The van der Waals surface area contributed by atoms with E-state index in [9.17, 15) is 0 Å². The molecular formula is C29H30ClN5O2S. The van der Waals surface area contributed by atoms with E-state index in [1.165, 1.54) is 0 Å². The van der Waals surface area contributed by atoms with Crippen molar-refractivity contribution in [3.63, 3.8) is 0 Å². The van der Waals surface area contributed by atoms with Crippen LogP contribution in [-0.4, -0.2) is 40.0 Å². The standard InChI is InChI=1S/C29H30ClN5O2S/c1-18-8-7-13-32-28(18)34-19(2)16-22(20(34)3)27-26(24-9-5-6-12-31-24)33-29(38)35(27)21-10-11-25(23(30)17-21)37-15-14-36-4/h5-13,16-17,26-27H,14-15H2,1-4H3,(H,33,38)/t26-,27+/m1/s1. The molecule has 0 bridgehead atoms. The van der Waals surface area contributed by atoms with E-state index in [1.807, 2.05) is 54.9 Å². The van der Waals surface area contributed by atoms with E-state index < -0.39 is 0 Å². The van der Waals surface area contributed by atoms with Crippen LogP contribution in [0.2, 0.25) is 5.02 Å². The zero-order valence-corrected chi connectivity index (χ0v) is 23.4. The minimum absolute atomic E-state index is 0.168. The first-order valence-electron chi connectivity index (χ1n) is 12.4. The molecule has 1 fully saturated rings. The number of aromatic nitrogens is 3. The normalized spacial score (nSPS) is 17.1. The van der Waals surface area contributed by atoms with Crippen LogP contribution in [0, 0.1) is 20.8 Å². The van der Waals surface area contributed by atoms with Crippen LogP contribution in [0.3, 0.4) is 0 Å². The lowest BCUT2D eigenvalue weighted by Gasteiger charge is -2.28. The number of ether oxygens (including phenoxy) is 2. The first-order chi connectivity index (χ1) is 18.4. The Kier molecular flexibility index (Phi) is 7.65. The van der Waals surface area contributed by atoms with Crippen molar-refractivity contribution in [2.45, 2.75) is 32.9 Å². The zero-order chi connectivity index (χ0) is 26.8. The maximum atomic E-state index is 6.66. The summed E-state index contributed by atoms with van der Waals surface area (Å²) < 4.78 is 13.1. The molecule has 0 amide bonds. The Bertz CT molecular complexity index is 1460. The van der Waals surface area contributed by atoms with Crippen molar-refractivity contribution >= 4 is 34.6 Å². The summed E-state index contributed by atoms with van der Waals surface area (Å²) >= 11 is 12.6. The number of hydrogen-bond donors (Lipinski definition) is 1. The van der Waals surface area contributed by atoms with E-state index in [4.69, 9.17) is 33.3 Å². The third-order valence-corrected chi connectivity index (χ3v) is 7.43. The van der Waals surface area contributed by atoms with E-state index >= 15 is 0 Å². The van der Waals surface area contributed by atoms with Gasteiger partial charge in [0.2, 0.25) is 0 Å². The lowest BCUT2D eigenvalue weighted by molar-refractivity contribution is 0.146. The van der Waals surface area contributed by atoms with Gasteiger partial charge in [-0.25, -0.2) is 4.98 Å². The minimum atomic E-state index is -0.169. The molecule has 0 radical (unpaired) electrons. The zero-order valence-electron chi connectivity index (χ0n) is 21.8. The van der Waals surface area contributed by atoms with E-state index in [0.717, 1.165) is 39.7 Å². The van der Waals surface area contributed by atoms with Crippen molar-refractivity contribution in [3.05, 3.63) is 100 Å². The molecule has 38 heavy (non-hydrogen) atoms. The van der Waals surface area contributed by atoms with Gasteiger partial charge in [0.1, 0.15) is 18.2 Å². The monoisotopic (exact) mass is 547 g/mol. The van der Waals surface area contributed by atoms with Gasteiger partial charge in [0, 0.05) is 36.6 Å². The summed E-state index contributed by atoms with van der Waals surface area (Å²) in [4.78, 5) is 11.5. The van der Waals surface area contributed by atoms with E-state index in [0.29, 0.717) is 29.1 Å². The summed E-state index contributed by atoms with van der Waals surface area (Å²) in [6.45, 7) is 7.22. The number of methoxy groups -OCH3 is 1. The Balaban J connectivity index is 1.61. The second-order valence-corrected chi connectivity index (χ2v) is 10.1. The highest BCUT2D eigenvalue weighted by Crippen LogP contribution is 2.45. The van der Waals surface area contributed by atoms with Gasteiger partial charge in [0.15, 0.2) is 5.11 Å². The van der Waals surface area contributed by atoms with Crippen LogP contribution in [0.1, 0.15) is 40.3 Å². The lowest BCUT2D eigenvalue weighted by atomic mass is 9.96. The average Bonchev–Trinajstić information content (AvgIpc) is 3.41. The number of hydrogen-bond acceptors (Lipinski definition) is 5. The molecule has 0 saturated carbocycles. The molecule has 2 atom stereocenters. The van der Waals surface area contributed by atoms with E-state index in [2.05, 4.69) is 57.7 Å². The van der Waals surface area contributed by atoms with Gasteiger partial charge in [-0.1, -0.05) is 23.7 Å². The largest absolute Gasteiger partial charge is 0.490 e. The second kappa shape index (κ2) is 11.1. The summed E-state index contributed by atoms with van der Waals surface area (Å²) in [5.74, 6) is 1.52. The van der Waals surface area contributed by atoms with Gasteiger partial charge in [0.05, 0.1) is 29.4 Å². The van der Waals surface area contributed by atoms with E-state index in [-0.39, 0.29) is 12.1 Å². The summed E-state index contributed by atoms with van der Waals surface area (Å²) in [7, 11) is 1.64. The molecule has 5 rings (SSSR count). The van der Waals surface area contributed by atoms with Crippen LogP contribution >= 0.6 is 23.8 Å². The van der Waals surface area contributed by atoms with Crippen LogP contribution in [0.25, 0.3) is 5.82 Å². The first-order valence-corrected chi connectivity index (χ1v) is 13.2. The molecule has 7 nitrogen and oxygen atoms in total. The van der Waals surface area contributed by atoms with Gasteiger partial charge < -0.3 is 24.3 Å². The molecule has 4 heterocycles. The van der Waals surface area contributed by atoms with Crippen LogP contribution in [0.5, 0.6) is 5.75 Å². The minimum Gasteiger partial charge on any atom is -0.490 e. The molecule has 196 valence electrons. The predicted octanol–water partition coefficient (Wildman–Crippen LogP) is 6.05. The Morgan fingerprint density at radius 2 is 1.82 bits per heavy atom. The molecule has 1 aromatic carbocycles. The molecule has 0 spiro atoms. The fourth-order valence-corrected chi connectivity index (χ4v) is 5.64. The highest BCUT2D eigenvalue weighted by Gasteiger charge is 2.42. The number of aryl methyl sites for hydroxylation is 2. The van der Waals surface area contributed by atoms with Crippen LogP contribution in [0.15, 0.2) is 67.0 Å². The molecular weight excluding hydrogens is 518 g/mol. The number of halogens is 1. The molecule has 3 aromatic heterocycles. The Morgan fingerprint density at radius 3 is 2.53 bits per heavy atom. The van der Waals surface area contributed by atoms with Gasteiger partial charge in [-0.3, -0.25) is 4.98 Å².